The number of fused-ring (bicyclic) bond motifs is 1. The number of ether oxygens (including phenoxy) is 1. The molecule has 4 aromatic rings. The molecule has 4 aromatic heterocycles. The van der Waals surface area contributed by atoms with Gasteiger partial charge in [-0.05, 0) is 39.2 Å². The molecule has 2 aliphatic heterocycles. The maximum atomic E-state index is 13.2. The molecular formula is C27H32N8O3S. The van der Waals surface area contributed by atoms with E-state index in [0.29, 0.717) is 29.1 Å². The molecule has 2 aliphatic rings. The molecule has 2 amide bonds. The van der Waals surface area contributed by atoms with Crippen LogP contribution in [0.3, 0.4) is 0 Å². The van der Waals surface area contributed by atoms with Crippen LogP contribution in [0.4, 0.5) is 5.69 Å². The zero-order valence-corrected chi connectivity index (χ0v) is 23.2. The topological polar surface area (TPSA) is 119 Å². The first-order chi connectivity index (χ1) is 18.8. The monoisotopic (exact) mass is 548 g/mol. The Morgan fingerprint density at radius 3 is 2.59 bits per heavy atom. The number of likely N-dealkylation sites (tertiary alicyclic amines) is 1. The molecule has 0 bridgehead atoms. The van der Waals surface area contributed by atoms with Gasteiger partial charge in [0.25, 0.3) is 11.8 Å². The van der Waals surface area contributed by atoms with E-state index in [1.54, 1.807) is 34.6 Å². The van der Waals surface area contributed by atoms with Gasteiger partial charge in [-0.15, -0.1) is 11.3 Å². The van der Waals surface area contributed by atoms with Crippen LogP contribution in [-0.2, 0) is 11.8 Å². The largest absolute Gasteiger partial charge is 0.375 e. The molecule has 39 heavy (non-hydrogen) atoms. The van der Waals surface area contributed by atoms with Crippen LogP contribution in [0.1, 0.15) is 51.4 Å². The summed E-state index contributed by atoms with van der Waals surface area (Å²) in [5.74, 6) is -0.515. The molecule has 2 N–H and O–H groups in total. The average molecular weight is 549 g/mol. The Labute approximate surface area is 230 Å². The van der Waals surface area contributed by atoms with E-state index in [1.807, 2.05) is 26.4 Å². The lowest BCUT2D eigenvalue weighted by Gasteiger charge is -2.47. The number of rotatable bonds is 7. The van der Waals surface area contributed by atoms with Gasteiger partial charge in [-0.2, -0.15) is 10.2 Å². The smallest absolute Gasteiger partial charge is 0.260 e. The number of piperidine rings is 1. The summed E-state index contributed by atoms with van der Waals surface area (Å²) in [6.45, 7) is 7.97. The van der Waals surface area contributed by atoms with Gasteiger partial charge in [-0.25, -0.2) is 4.52 Å². The minimum atomic E-state index is -0.304. The fraction of sp³-hybridized carbons (Fsp3) is 0.444. The molecular weight excluding hydrogens is 516 g/mol. The zero-order valence-electron chi connectivity index (χ0n) is 22.4. The number of aryl methyl sites for hydroxylation is 3. The van der Waals surface area contributed by atoms with Crippen LogP contribution in [0.25, 0.3) is 15.3 Å². The summed E-state index contributed by atoms with van der Waals surface area (Å²) in [5, 5.41) is 14.7. The predicted octanol–water partition coefficient (Wildman–Crippen LogP) is 3.05. The summed E-state index contributed by atoms with van der Waals surface area (Å²) >= 11 is 1.48. The van der Waals surface area contributed by atoms with E-state index in [4.69, 9.17) is 4.74 Å². The maximum Gasteiger partial charge on any atom is 0.260 e. The molecule has 0 radical (unpaired) electrons. The first-order valence-corrected chi connectivity index (χ1v) is 14.0. The quantitative estimate of drug-likeness (QED) is 0.364. The number of hydrogen-bond donors (Lipinski definition) is 2. The van der Waals surface area contributed by atoms with E-state index in [9.17, 15) is 9.59 Å². The van der Waals surface area contributed by atoms with Crippen molar-refractivity contribution in [3.8, 4) is 10.4 Å². The van der Waals surface area contributed by atoms with Crippen LogP contribution >= 0.6 is 11.3 Å². The molecule has 0 saturated carbocycles. The van der Waals surface area contributed by atoms with Gasteiger partial charge in [0.2, 0.25) is 0 Å². The number of hydrogen-bond acceptors (Lipinski definition) is 8. The lowest BCUT2D eigenvalue weighted by molar-refractivity contribution is -0.172. The van der Waals surface area contributed by atoms with Crippen molar-refractivity contribution in [2.24, 2.45) is 7.05 Å². The van der Waals surface area contributed by atoms with Crippen molar-refractivity contribution < 1.29 is 14.3 Å². The second-order valence-corrected chi connectivity index (χ2v) is 11.4. The number of anilines is 1. The van der Waals surface area contributed by atoms with Crippen LogP contribution < -0.4 is 10.6 Å². The summed E-state index contributed by atoms with van der Waals surface area (Å²) in [4.78, 5) is 34.5. The Morgan fingerprint density at radius 2 is 1.90 bits per heavy atom. The SMILES string of the molecule is Cc1ncc(C(=O)NCCN2CCC3(CCO3)CC2)cc1NC(=O)c1cnn2cc(-c3cn(C)nc3C)sc12. The summed E-state index contributed by atoms with van der Waals surface area (Å²) in [5.41, 5.74) is 4.03. The van der Waals surface area contributed by atoms with Crippen LogP contribution in [0.5, 0.6) is 0 Å². The van der Waals surface area contributed by atoms with Crippen molar-refractivity contribution in [1.29, 1.82) is 0 Å². The Balaban J connectivity index is 1.09. The molecule has 11 nitrogen and oxygen atoms in total. The van der Waals surface area contributed by atoms with Gasteiger partial charge in [0.15, 0.2) is 0 Å². The summed E-state index contributed by atoms with van der Waals surface area (Å²) in [7, 11) is 1.88. The van der Waals surface area contributed by atoms with Gasteiger partial charge < -0.3 is 20.3 Å². The molecule has 6 rings (SSSR count). The van der Waals surface area contributed by atoms with Crippen LogP contribution in [-0.4, -0.2) is 79.5 Å². The van der Waals surface area contributed by atoms with Crippen molar-refractivity contribution in [2.75, 3.05) is 38.1 Å². The van der Waals surface area contributed by atoms with Gasteiger partial charge in [0.05, 0.1) is 51.5 Å². The van der Waals surface area contributed by atoms with Gasteiger partial charge in [-0.1, -0.05) is 0 Å². The Kier molecular flexibility index (Phi) is 6.69. The molecule has 0 atom stereocenters. The lowest BCUT2D eigenvalue weighted by Crippen LogP contribution is -2.53. The predicted molar refractivity (Wildman–Crippen MR) is 148 cm³/mol. The van der Waals surface area contributed by atoms with Crippen molar-refractivity contribution in [1.82, 2.24) is 34.6 Å². The summed E-state index contributed by atoms with van der Waals surface area (Å²) < 4.78 is 9.26. The Morgan fingerprint density at radius 1 is 1.10 bits per heavy atom. The fourth-order valence-corrected chi connectivity index (χ4v) is 6.40. The average Bonchev–Trinajstić information content (AvgIpc) is 3.58. The molecule has 204 valence electrons. The summed E-state index contributed by atoms with van der Waals surface area (Å²) in [6, 6.07) is 1.67. The number of pyridine rings is 1. The Bertz CT molecular complexity index is 1540. The van der Waals surface area contributed by atoms with E-state index in [0.717, 1.165) is 60.0 Å². The third-order valence-corrected chi connectivity index (χ3v) is 8.91. The molecule has 2 fully saturated rings. The van der Waals surface area contributed by atoms with E-state index < -0.39 is 0 Å². The van der Waals surface area contributed by atoms with Crippen LogP contribution in [0.2, 0.25) is 0 Å². The lowest BCUT2D eigenvalue weighted by atomic mass is 9.84. The van der Waals surface area contributed by atoms with Crippen LogP contribution in [0, 0.1) is 13.8 Å². The fourth-order valence-electron chi connectivity index (χ4n) is 5.28. The molecule has 0 unspecified atom stereocenters. The van der Waals surface area contributed by atoms with Gasteiger partial charge in [-0.3, -0.25) is 19.3 Å². The standard InChI is InChI=1S/C27H32N8O3S/c1-17-21(15-33(3)32-17)23-16-35-26(39-23)20(14-30-35)25(37)31-22-12-19(13-29-18(22)2)24(36)28-7-10-34-8-4-27(5-9-34)6-11-38-27/h12-16H,4-11H2,1-3H3,(H,28,36)(H,31,37). The number of carbonyl (C=O) groups excluding carboxylic acids is 2. The highest BCUT2D eigenvalue weighted by Crippen LogP contribution is 2.36. The van der Waals surface area contributed by atoms with E-state index in [-0.39, 0.29) is 17.4 Å². The zero-order chi connectivity index (χ0) is 27.1. The molecule has 1 spiro atoms. The van der Waals surface area contributed by atoms with Gasteiger partial charge in [0.1, 0.15) is 4.83 Å². The number of nitrogens with zero attached hydrogens (tertiary/aromatic N) is 6. The second kappa shape index (κ2) is 10.2. The number of aromatic nitrogens is 5. The van der Waals surface area contributed by atoms with Crippen LogP contribution in [0.15, 0.2) is 30.9 Å². The first-order valence-electron chi connectivity index (χ1n) is 13.2. The maximum absolute atomic E-state index is 13.2. The number of carbonyl (C=O) groups is 2. The minimum absolute atomic E-state index is 0.126. The Hall–Kier alpha value is -3.61. The van der Waals surface area contributed by atoms with Crippen molar-refractivity contribution >= 4 is 33.7 Å². The van der Waals surface area contributed by atoms with E-state index in [1.165, 1.54) is 17.8 Å². The normalized spacial score (nSPS) is 16.9. The van der Waals surface area contributed by atoms with E-state index in [2.05, 4.69) is 30.7 Å². The third kappa shape index (κ3) is 5.07. The van der Waals surface area contributed by atoms with Crippen molar-refractivity contribution in [2.45, 2.75) is 38.7 Å². The molecule has 2 saturated heterocycles. The number of nitrogens with one attached hydrogen (secondary N) is 2. The number of amides is 2. The third-order valence-electron chi connectivity index (χ3n) is 7.76. The number of thiazole rings is 1. The molecule has 0 aromatic carbocycles. The highest BCUT2D eigenvalue weighted by molar-refractivity contribution is 7.21. The van der Waals surface area contributed by atoms with Crippen molar-refractivity contribution in [3.05, 3.63) is 53.4 Å². The second-order valence-electron chi connectivity index (χ2n) is 10.4. The van der Waals surface area contributed by atoms with Gasteiger partial charge in [0, 0.05) is 57.4 Å². The van der Waals surface area contributed by atoms with Crippen molar-refractivity contribution in [3.63, 3.8) is 0 Å². The van der Waals surface area contributed by atoms with E-state index >= 15 is 0 Å². The molecule has 6 heterocycles. The van der Waals surface area contributed by atoms with Gasteiger partial charge >= 0.3 is 0 Å². The molecule has 12 heteroatoms. The highest BCUT2D eigenvalue weighted by Gasteiger charge is 2.40. The highest BCUT2D eigenvalue weighted by atomic mass is 32.1. The minimum Gasteiger partial charge on any atom is -0.375 e. The summed E-state index contributed by atoms with van der Waals surface area (Å²) in [6.07, 6.45) is 10.2. The molecule has 0 aliphatic carbocycles. The first kappa shape index (κ1) is 25.7.